The van der Waals surface area contributed by atoms with E-state index in [0.29, 0.717) is 23.2 Å². The Morgan fingerprint density at radius 1 is 1.15 bits per heavy atom. The van der Waals surface area contributed by atoms with Gasteiger partial charge >= 0.3 is 0 Å². The van der Waals surface area contributed by atoms with Crippen LogP contribution in [0.1, 0.15) is 29.6 Å². The average molecular weight is 372 g/mol. The first kappa shape index (κ1) is 17.7. The molecule has 0 bridgehead atoms. The zero-order chi connectivity index (χ0) is 18.8. The van der Waals surface area contributed by atoms with Gasteiger partial charge in [-0.15, -0.1) is 0 Å². The molecular weight excluding hydrogens is 350 g/mol. The molecule has 1 amide bonds. The molecule has 2 aromatic rings. The van der Waals surface area contributed by atoms with Crippen LogP contribution in [0, 0.1) is 17.6 Å². The molecule has 2 heterocycles. The van der Waals surface area contributed by atoms with Gasteiger partial charge in [0.2, 0.25) is 0 Å². The van der Waals surface area contributed by atoms with Crippen LogP contribution in [0.3, 0.4) is 0 Å². The highest BCUT2D eigenvalue weighted by atomic mass is 19.2. The third kappa shape index (κ3) is 4.35. The summed E-state index contributed by atoms with van der Waals surface area (Å²) in [6.45, 7) is 2.33. The van der Waals surface area contributed by atoms with E-state index in [2.05, 4.69) is 20.5 Å². The van der Waals surface area contributed by atoms with Crippen molar-refractivity contribution in [2.75, 3.05) is 29.9 Å². The number of anilines is 2. The zero-order valence-corrected chi connectivity index (χ0v) is 14.9. The summed E-state index contributed by atoms with van der Waals surface area (Å²) in [6, 6.07) is 7.94. The van der Waals surface area contributed by atoms with Gasteiger partial charge in [-0.25, -0.2) is 13.8 Å². The molecule has 1 aromatic heterocycles. The highest BCUT2D eigenvalue weighted by Gasteiger charge is 2.24. The minimum atomic E-state index is -0.823. The van der Waals surface area contributed by atoms with Crippen LogP contribution in [0.4, 0.5) is 20.3 Å². The van der Waals surface area contributed by atoms with E-state index in [1.54, 1.807) is 18.3 Å². The third-order valence-electron chi connectivity index (χ3n) is 5.06. The molecule has 27 heavy (non-hydrogen) atoms. The lowest BCUT2D eigenvalue weighted by Crippen LogP contribution is -2.25. The molecule has 1 atom stereocenters. The fourth-order valence-corrected chi connectivity index (χ4v) is 3.29. The van der Waals surface area contributed by atoms with Crippen molar-refractivity contribution in [3.8, 4) is 0 Å². The number of amides is 1. The van der Waals surface area contributed by atoms with Gasteiger partial charge in [0.15, 0.2) is 11.6 Å². The molecule has 2 fully saturated rings. The molecule has 2 aliphatic rings. The van der Waals surface area contributed by atoms with Gasteiger partial charge in [-0.2, -0.15) is 0 Å². The van der Waals surface area contributed by atoms with E-state index in [4.69, 9.17) is 0 Å². The van der Waals surface area contributed by atoms with Crippen LogP contribution in [-0.2, 0) is 0 Å². The van der Waals surface area contributed by atoms with E-state index >= 15 is 0 Å². The minimum absolute atomic E-state index is 0.0745. The number of aromatic nitrogens is 1. The number of halogens is 2. The Labute approximate surface area is 156 Å². The molecule has 0 unspecified atom stereocenters. The maximum atomic E-state index is 13.4. The SMILES string of the molecule is O=C(NC1CC1)c1ccc(NC[C@@H]2CCN(c3ccc(F)c(F)c3)C2)nc1. The van der Waals surface area contributed by atoms with Crippen molar-refractivity contribution in [2.24, 2.45) is 5.92 Å². The van der Waals surface area contributed by atoms with Gasteiger partial charge in [-0.3, -0.25) is 4.79 Å². The molecule has 1 aliphatic heterocycles. The summed E-state index contributed by atoms with van der Waals surface area (Å²) >= 11 is 0. The van der Waals surface area contributed by atoms with Crippen LogP contribution >= 0.6 is 0 Å². The van der Waals surface area contributed by atoms with Gasteiger partial charge in [0.25, 0.3) is 5.91 Å². The van der Waals surface area contributed by atoms with E-state index in [1.807, 2.05) is 6.07 Å². The molecular formula is C20H22F2N4O. The van der Waals surface area contributed by atoms with E-state index in [-0.39, 0.29) is 5.91 Å². The second-order valence-corrected chi connectivity index (χ2v) is 7.26. The van der Waals surface area contributed by atoms with Gasteiger partial charge in [0.1, 0.15) is 5.82 Å². The summed E-state index contributed by atoms with van der Waals surface area (Å²) in [5.41, 5.74) is 1.28. The number of hydrogen-bond acceptors (Lipinski definition) is 4. The van der Waals surface area contributed by atoms with E-state index in [0.717, 1.165) is 44.7 Å². The van der Waals surface area contributed by atoms with Crippen molar-refractivity contribution in [3.63, 3.8) is 0 Å². The van der Waals surface area contributed by atoms with Crippen LogP contribution < -0.4 is 15.5 Å². The lowest BCUT2D eigenvalue weighted by molar-refractivity contribution is 0.0950. The number of nitrogens with one attached hydrogen (secondary N) is 2. The maximum absolute atomic E-state index is 13.4. The summed E-state index contributed by atoms with van der Waals surface area (Å²) in [6.07, 6.45) is 4.67. The standard InChI is InChI=1S/C20H22F2N4O/c21-17-5-4-16(9-18(17)22)26-8-7-13(12-26)10-23-19-6-1-14(11-24-19)20(27)25-15-2-3-15/h1,4-6,9,11,13,15H,2-3,7-8,10,12H2,(H,23,24)(H,25,27)/t13-/m0/s1. The minimum Gasteiger partial charge on any atom is -0.371 e. The Bertz CT molecular complexity index is 823. The number of nitrogens with zero attached hydrogens (tertiary/aromatic N) is 2. The predicted octanol–water partition coefficient (Wildman–Crippen LogP) is 3.19. The highest BCUT2D eigenvalue weighted by Crippen LogP contribution is 2.25. The largest absolute Gasteiger partial charge is 0.371 e. The number of benzene rings is 1. The summed E-state index contributed by atoms with van der Waals surface area (Å²) in [5, 5.41) is 6.23. The fourth-order valence-electron chi connectivity index (χ4n) is 3.29. The van der Waals surface area contributed by atoms with E-state index < -0.39 is 11.6 Å². The van der Waals surface area contributed by atoms with Crippen molar-refractivity contribution in [3.05, 3.63) is 53.7 Å². The first-order valence-corrected chi connectivity index (χ1v) is 9.29. The molecule has 1 saturated carbocycles. The third-order valence-corrected chi connectivity index (χ3v) is 5.06. The zero-order valence-electron chi connectivity index (χ0n) is 14.9. The highest BCUT2D eigenvalue weighted by molar-refractivity contribution is 5.94. The summed E-state index contributed by atoms with van der Waals surface area (Å²) in [4.78, 5) is 18.3. The van der Waals surface area contributed by atoms with Crippen molar-refractivity contribution in [1.82, 2.24) is 10.3 Å². The molecule has 0 spiro atoms. The van der Waals surface area contributed by atoms with Crippen LogP contribution in [0.2, 0.25) is 0 Å². The fraction of sp³-hybridized carbons (Fsp3) is 0.400. The van der Waals surface area contributed by atoms with E-state index in [1.165, 1.54) is 12.1 Å². The van der Waals surface area contributed by atoms with Crippen LogP contribution in [-0.4, -0.2) is 36.6 Å². The molecule has 0 radical (unpaired) electrons. The molecule has 2 N–H and O–H groups in total. The second-order valence-electron chi connectivity index (χ2n) is 7.26. The molecule has 1 aromatic carbocycles. The molecule has 5 nitrogen and oxygen atoms in total. The molecule has 1 aliphatic carbocycles. The van der Waals surface area contributed by atoms with Gasteiger partial charge in [0, 0.05) is 43.6 Å². The lowest BCUT2D eigenvalue weighted by atomic mass is 10.1. The Morgan fingerprint density at radius 2 is 2.00 bits per heavy atom. The first-order valence-electron chi connectivity index (χ1n) is 9.29. The Kier molecular flexibility index (Phi) is 4.92. The quantitative estimate of drug-likeness (QED) is 0.818. The normalized spacial score (nSPS) is 19.2. The molecule has 7 heteroatoms. The van der Waals surface area contributed by atoms with Crippen molar-refractivity contribution in [1.29, 1.82) is 0 Å². The van der Waals surface area contributed by atoms with Gasteiger partial charge in [-0.1, -0.05) is 0 Å². The van der Waals surface area contributed by atoms with Gasteiger partial charge in [-0.05, 0) is 49.4 Å². The monoisotopic (exact) mass is 372 g/mol. The van der Waals surface area contributed by atoms with Crippen molar-refractivity contribution in [2.45, 2.75) is 25.3 Å². The Morgan fingerprint density at radius 3 is 2.70 bits per heavy atom. The molecule has 1 saturated heterocycles. The number of pyridine rings is 1. The number of hydrogen-bond donors (Lipinski definition) is 2. The summed E-state index contributed by atoms with van der Waals surface area (Å²) in [7, 11) is 0. The second kappa shape index (κ2) is 7.50. The van der Waals surface area contributed by atoms with Crippen molar-refractivity contribution >= 4 is 17.4 Å². The van der Waals surface area contributed by atoms with Gasteiger partial charge in [0.05, 0.1) is 5.56 Å². The smallest absolute Gasteiger partial charge is 0.253 e. The Balaban J connectivity index is 1.27. The summed E-state index contributed by atoms with van der Waals surface area (Å²) in [5.74, 6) is -0.600. The Hall–Kier alpha value is -2.70. The number of carbonyl (C=O) groups is 1. The first-order chi connectivity index (χ1) is 13.1. The van der Waals surface area contributed by atoms with Gasteiger partial charge < -0.3 is 15.5 Å². The van der Waals surface area contributed by atoms with Crippen LogP contribution in [0.5, 0.6) is 0 Å². The topological polar surface area (TPSA) is 57.3 Å². The predicted molar refractivity (Wildman–Crippen MR) is 99.9 cm³/mol. The maximum Gasteiger partial charge on any atom is 0.253 e. The summed E-state index contributed by atoms with van der Waals surface area (Å²) < 4.78 is 26.5. The van der Waals surface area contributed by atoms with Crippen LogP contribution in [0.25, 0.3) is 0 Å². The van der Waals surface area contributed by atoms with Crippen molar-refractivity contribution < 1.29 is 13.6 Å². The van der Waals surface area contributed by atoms with Crippen LogP contribution in [0.15, 0.2) is 36.5 Å². The molecule has 4 rings (SSSR count). The average Bonchev–Trinajstić information content (AvgIpc) is 3.36. The molecule has 142 valence electrons. The number of carbonyl (C=O) groups excluding carboxylic acids is 1. The van der Waals surface area contributed by atoms with E-state index in [9.17, 15) is 13.6 Å². The number of rotatable bonds is 6. The lowest BCUT2D eigenvalue weighted by Gasteiger charge is -2.19.